The number of aliphatic carboxylic acids is 1. The summed E-state index contributed by atoms with van der Waals surface area (Å²) >= 11 is 0. The third-order valence-corrected chi connectivity index (χ3v) is 4.34. The summed E-state index contributed by atoms with van der Waals surface area (Å²) in [7, 11) is 22.7. The molecule has 126 valence electrons. The summed E-state index contributed by atoms with van der Waals surface area (Å²) in [5.74, 6) is -2.90. The molecule has 7 nitrogen and oxygen atoms in total. The first kappa shape index (κ1) is 18.9. The molecule has 8 radical (unpaired) electrons. The fourth-order valence-electron chi connectivity index (χ4n) is 3.00. The van der Waals surface area contributed by atoms with Crippen molar-refractivity contribution >= 4 is 43.4 Å². The van der Waals surface area contributed by atoms with Crippen LogP contribution in [0.4, 0.5) is 4.79 Å². The van der Waals surface area contributed by atoms with Gasteiger partial charge in [-0.2, -0.15) is 0 Å². The number of carbonyl (C=O) groups is 2. The van der Waals surface area contributed by atoms with Crippen molar-refractivity contribution in [1.82, 2.24) is 4.90 Å². The molecule has 1 spiro atoms. The maximum absolute atomic E-state index is 12.4. The molecule has 1 N–H and O–H groups in total. The van der Waals surface area contributed by atoms with Gasteiger partial charge in [0.05, 0.1) is 6.54 Å². The van der Waals surface area contributed by atoms with Crippen LogP contribution in [-0.2, 0) is 25.6 Å². The van der Waals surface area contributed by atoms with Crippen molar-refractivity contribution in [3.05, 3.63) is 35.9 Å². The second-order valence-electron chi connectivity index (χ2n) is 6.43. The Kier molecular flexibility index (Phi) is 4.65. The molecule has 0 bridgehead atoms. The highest BCUT2D eigenvalue weighted by Crippen LogP contribution is 2.44. The number of carbonyl (C=O) groups excluding carboxylic acids is 1. The number of carboxylic acid groups (broad SMARTS) is 1. The largest absolute Gasteiger partial charge is 0.480 e. The minimum Gasteiger partial charge on any atom is -0.480 e. The van der Waals surface area contributed by atoms with E-state index in [2.05, 4.69) is 0 Å². The van der Waals surface area contributed by atoms with Crippen molar-refractivity contribution in [3.8, 4) is 0 Å². The van der Waals surface area contributed by atoms with Gasteiger partial charge in [-0.25, -0.2) is 9.59 Å². The van der Waals surface area contributed by atoms with Gasteiger partial charge in [0.15, 0.2) is 5.79 Å². The van der Waals surface area contributed by atoms with Crippen LogP contribution in [-0.4, -0.2) is 82.6 Å². The summed E-state index contributed by atoms with van der Waals surface area (Å²) in [6, 6.07) is 7.66. The Morgan fingerprint density at radius 2 is 1.73 bits per heavy atom. The molecule has 26 heavy (non-hydrogen) atoms. The molecule has 1 aromatic carbocycles. The summed E-state index contributed by atoms with van der Waals surface area (Å²) in [6.07, 6.45) is -1.11. The highest BCUT2D eigenvalue weighted by molar-refractivity contribution is 6.53. The number of ether oxygens (including phenoxy) is 3. The highest BCUT2D eigenvalue weighted by Gasteiger charge is 2.61. The molecule has 2 saturated heterocycles. The average Bonchev–Trinajstić information content (AvgIpc) is 2.99. The van der Waals surface area contributed by atoms with Gasteiger partial charge in [0.2, 0.25) is 0 Å². The third kappa shape index (κ3) is 3.38. The second kappa shape index (κ2) is 6.39. The number of amides is 1. The fourth-order valence-corrected chi connectivity index (χ4v) is 3.00. The van der Waals surface area contributed by atoms with Gasteiger partial charge in [-0.15, -0.1) is 0 Å². The second-order valence-corrected chi connectivity index (χ2v) is 6.43. The quantitative estimate of drug-likeness (QED) is 0.722. The lowest BCUT2D eigenvalue weighted by molar-refractivity contribution is -0.161. The van der Waals surface area contributed by atoms with Gasteiger partial charge in [0.25, 0.3) is 0 Å². The van der Waals surface area contributed by atoms with Crippen LogP contribution >= 0.6 is 0 Å². The summed E-state index contributed by atoms with van der Waals surface area (Å²) < 4.78 is 16.0. The van der Waals surface area contributed by atoms with Crippen LogP contribution in [0.1, 0.15) is 12.0 Å². The molecule has 1 aromatic rings. The van der Waals surface area contributed by atoms with E-state index in [1.807, 2.05) is 6.07 Å². The van der Waals surface area contributed by atoms with Crippen molar-refractivity contribution in [2.75, 3.05) is 6.54 Å². The molecular formula is C15H13B4NO6. The van der Waals surface area contributed by atoms with E-state index in [0.29, 0.717) is 0 Å². The lowest BCUT2D eigenvalue weighted by Crippen LogP contribution is -2.54. The van der Waals surface area contributed by atoms with Gasteiger partial charge < -0.3 is 19.3 Å². The van der Waals surface area contributed by atoms with E-state index in [0.717, 1.165) is 10.5 Å². The van der Waals surface area contributed by atoms with E-state index in [1.165, 1.54) is 0 Å². The van der Waals surface area contributed by atoms with Crippen LogP contribution in [0.5, 0.6) is 0 Å². The maximum Gasteiger partial charge on any atom is 0.411 e. The molecule has 1 amide bonds. The normalized spacial score (nSPS) is 25.2. The molecule has 0 aromatic heterocycles. The van der Waals surface area contributed by atoms with E-state index in [4.69, 9.17) is 45.6 Å². The van der Waals surface area contributed by atoms with Crippen LogP contribution in [0.2, 0.25) is 0 Å². The van der Waals surface area contributed by atoms with Crippen LogP contribution in [0, 0.1) is 0 Å². The highest BCUT2D eigenvalue weighted by atomic mass is 16.8. The Bertz CT molecular complexity index is 697. The van der Waals surface area contributed by atoms with Crippen molar-refractivity contribution < 1.29 is 28.9 Å². The molecule has 0 aliphatic carbocycles. The molecule has 11 heteroatoms. The molecule has 3 rings (SSSR count). The van der Waals surface area contributed by atoms with E-state index in [9.17, 15) is 14.7 Å². The van der Waals surface area contributed by atoms with Gasteiger partial charge in [-0.05, 0) is 5.56 Å². The number of likely N-dealkylation sites (tertiary alicyclic amines) is 1. The summed E-state index contributed by atoms with van der Waals surface area (Å²) in [6.45, 7) is -0.323. The van der Waals surface area contributed by atoms with Crippen molar-refractivity contribution in [2.45, 2.75) is 35.7 Å². The van der Waals surface area contributed by atoms with E-state index in [-0.39, 0.29) is 19.6 Å². The monoisotopic (exact) mass is 347 g/mol. The minimum absolute atomic E-state index is 0.0212. The summed E-state index contributed by atoms with van der Waals surface area (Å²) in [5.41, 5.74) is 0.751. The number of carboxylic acids is 1. The maximum atomic E-state index is 12.4. The standard InChI is InChI=1S/C15H13B4NO6/c16-14(17)15(18,19)26-13(25-14)6-10(11(21)22)20(8-13)12(23)24-7-9-4-2-1-3-5-9/h1-5,10H,6-8H2,(H,21,22)/t10-/m0/s1. The zero-order valence-corrected chi connectivity index (χ0v) is 13.8. The van der Waals surface area contributed by atoms with E-state index in [1.54, 1.807) is 24.3 Å². The molecular weight excluding hydrogens is 333 g/mol. The van der Waals surface area contributed by atoms with Gasteiger partial charge in [0, 0.05) is 17.2 Å². The van der Waals surface area contributed by atoms with Gasteiger partial charge >= 0.3 is 12.1 Å². The SMILES string of the molecule is [B]C1([B])OC2(C[C@@H](C(=O)O)N(C(=O)OCc3ccccc3)C2)OC1([B])[B]. The van der Waals surface area contributed by atoms with Gasteiger partial charge in [-0.3, -0.25) is 4.90 Å². The van der Waals surface area contributed by atoms with E-state index < -0.39 is 34.7 Å². The first-order chi connectivity index (χ1) is 12.1. The summed E-state index contributed by atoms with van der Waals surface area (Å²) in [4.78, 5) is 24.9. The smallest absolute Gasteiger partial charge is 0.411 e. The fraction of sp³-hybridized carbons (Fsp3) is 0.467. The Morgan fingerprint density at radius 1 is 1.15 bits per heavy atom. The third-order valence-electron chi connectivity index (χ3n) is 4.34. The van der Waals surface area contributed by atoms with Crippen molar-refractivity contribution in [2.24, 2.45) is 0 Å². The predicted molar refractivity (Wildman–Crippen MR) is 92.8 cm³/mol. The number of hydrogen-bond donors (Lipinski definition) is 1. The zero-order valence-electron chi connectivity index (χ0n) is 13.8. The van der Waals surface area contributed by atoms with Crippen LogP contribution < -0.4 is 0 Å². The Hall–Kier alpha value is -1.86. The zero-order chi connectivity index (χ0) is 19.2. The first-order valence-electron chi connectivity index (χ1n) is 7.81. The molecule has 2 heterocycles. The number of rotatable bonds is 3. The molecule has 0 saturated carbocycles. The number of hydrogen-bond acceptors (Lipinski definition) is 5. The Balaban J connectivity index is 1.74. The van der Waals surface area contributed by atoms with Crippen LogP contribution in [0.15, 0.2) is 30.3 Å². The Morgan fingerprint density at radius 3 is 2.27 bits per heavy atom. The van der Waals surface area contributed by atoms with Crippen LogP contribution in [0.25, 0.3) is 0 Å². The average molecular weight is 347 g/mol. The topological polar surface area (TPSA) is 85.3 Å². The first-order valence-corrected chi connectivity index (χ1v) is 7.81. The molecule has 2 fully saturated rings. The lowest BCUT2D eigenvalue weighted by Gasteiger charge is -2.33. The van der Waals surface area contributed by atoms with Crippen molar-refractivity contribution in [1.29, 1.82) is 0 Å². The molecule has 2 aliphatic rings. The molecule has 0 unspecified atom stereocenters. The lowest BCUT2D eigenvalue weighted by atomic mass is 9.42. The van der Waals surface area contributed by atoms with E-state index >= 15 is 0 Å². The molecule has 1 atom stereocenters. The number of nitrogens with zero attached hydrogens (tertiary/aromatic N) is 1. The minimum atomic E-state index is -2.06. The van der Waals surface area contributed by atoms with Gasteiger partial charge in [-0.1, -0.05) is 30.3 Å². The molecule has 2 aliphatic heterocycles. The van der Waals surface area contributed by atoms with Gasteiger partial charge in [0.1, 0.15) is 44.0 Å². The number of benzene rings is 1. The summed E-state index contributed by atoms with van der Waals surface area (Å²) in [5, 5.41) is 5.33. The van der Waals surface area contributed by atoms with Crippen molar-refractivity contribution in [3.63, 3.8) is 0 Å². The predicted octanol–water partition coefficient (Wildman–Crippen LogP) is -0.793. The van der Waals surface area contributed by atoms with Crippen LogP contribution in [0.3, 0.4) is 0 Å². The Labute approximate surface area is 156 Å².